The highest BCUT2D eigenvalue weighted by molar-refractivity contribution is 8.00. The third-order valence-corrected chi connectivity index (χ3v) is 10.3. The molecule has 10 nitrogen and oxygen atoms in total. The fourth-order valence-electron chi connectivity index (χ4n) is 5.18. The summed E-state index contributed by atoms with van der Waals surface area (Å²) in [5, 5.41) is 16.0. The smallest absolute Gasteiger partial charge is 0.249 e. The van der Waals surface area contributed by atoms with E-state index in [4.69, 9.17) is 14.2 Å². The zero-order chi connectivity index (χ0) is 30.3. The van der Waals surface area contributed by atoms with Crippen molar-refractivity contribution < 1.29 is 33.1 Å². The van der Waals surface area contributed by atoms with Crippen LogP contribution in [0.5, 0.6) is 5.75 Å². The van der Waals surface area contributed by atoms with E-state index in [1.807, 2.05) is 50.2 Å². The number of ether oxygens (including phenoxy) is 3. The van der Waals surface area contributed by atoms with Gasteiger partial charge in [0.05, 0.1) is 13.7 Å². The molecule has 2 aromatic carbocycles. The number of aliphatic hydroxyl groups is 1. The van der Waals surface area contributed by atoms with Crippen LogP contribution in [0.4, 0.5) is 0 Å². The van der Waals surface area contributed by atoms with Crippen LogP contribution in [0.25, 0.3) is 0 Å². The molecule has 11 heteroatoms. The molecule has 2 aliphatic rings. The van der Waals surface area contributed by atoms with Gasteiger partial charge >= 0.3 is 0 Å². The van der Waals surface area contributed by atoms with Gasteiger partial charge in [-0.05, 0) is 49.1 Å². The summed E-state index contributed by atoms with van der Waals surface area (Å²) in [7, 11) is -0.752. The summed E-state index contributed by atoms with van der Waals surface area (Å²) in [4.78, 5) is 26.4. The fourth-order valence-corrected chi connectivity index (χ4v) is 7.14. The molecule has 0 radical (unpaired) electrons. The molecule has 3 N–H and O–H groups in total. The minimum absolute atomic E-state index is 0.0426. The molecule has 4 unspecified atom stereocenters. The maximum Gasteiger partial charge on any atom is 0.249 e. The van der Waals surface area contributed by atoms with Crippen LogP contribution >= 0.6 is 0 Å². The van der Waals surface area contributed by atoms with Crippen molar-refractivity contribution in [1.82, 2.24) is 14.9 Å². The Labute approximate surface area is 249 Å². The Morgan fingerprint density at radius 3 is 2.52 bits per heavy atom. The molecule has 230 valence electrons. The molecule has 2 fully saturated rings. The Morgan fingerprint density at radius 1 is 1.12 bits per heavy atom. The number of aliphatic hydroxyl groups excluding tert-OH is 1. The van der Waals surface area contributed by atoms with Crippen LogP contribution in [0.2, 0.25) is 0 Å². The average molecular weight is 603 g/mol. The summed E-state index contributed by atoms with van der Waals surface area (Å²) in [6.07, 6.45) is 2.29. The quantitative estimate of drug-likeness (QED) is 0.337. The number of hydrogen-bond acceptors (Lipinski definition) is 7. The van der Waals surface area contributed by atoms with Crippen molar-refractivity contribution in [2.24, 2.45) is 5.41 Å². The largest absolute Gasteiger partial charge is 0.497 e. The van der Waals surface area contributed by atoms with E-state index in [9.17, 15) is 18.9 Å². The molecule has 2 aliphatic heterocycles. The second kappa shape index (κ2) is 14.1. The van der Waals surface area contributed by atoms with Crippen molar-refractivity contribution in [2.75, 3.05) is 39.6 Å². The number of piperidine rings is 1. The number of hydrogen-bond donors (Lipinski definition) is 3. The highest BCUT2D eigenvalue weighted by atomic mass is 32.3. The van der Waals surface area contributed by atoms with Crippen molar-refractivity contribution >= 4 is 21.9 Å². The molecule has 0 aromatic heterocycles. The average Bonchev–Trinajstić information content (AvgIpc) is 3.00. The first-order chi connectivity index (χ1) is 20.0. The number of nitrogens with zero attached hydrogens (tertiary/aromatic N) is 1. The van der Waals surface area contributed by atoms with E-state index in [0.29, 0.717) is 12.4 Å². The van der Waals surface area contributed by atoms with Gasteiger partial charge in [0.1, 0.15) is 24.2 Å². The van der Waals surface area contributed by atoms with Gasteiger partial charge in [0.25, 0.3) is 0 Å². The molecule has 4 atom stereocenters. The van der Waals surface area contributed by atoms with Gasteiger partial charge in [0, 0.05) is 37.2 Å². The van der Waals surface area contributed by atoms with E-state index in [-0.39, 0.29) is 25.4 Å². The van der Waals surface area contributed by atoms with Crippen LogP contribution in [0.15, 0.2) is 53.4 Å². The van der Waals surface area contributed by atoms with Gasteiger partial charge in [-0.25, -0.2) is 0 Å². The van der Waals surface area contributed by atoms with Crippen LogP contribution in [-0.2, 0) is 39.9 Å². The number of rotatable bonds is 11. The lowest BCUT2D eigenvalue weighted by atomic mass is 9.85. The Morgan fingerprint density at radius 2 is 1.83 bits per heavy atom. The minimum atomic E-state index is -2.34. The minimum Gasteiger partial charge on any atom is -0.497 e. The number of carbonyl (C=O) groups excluding carboxylic acids is 2. The fraction of sp³-hybridized carbons (Fsp3) is 0.548. The van der Waals surface area contributed by atoms with E-state index in [2.05, 4.69) is 14.9 Å². The lowest BCUT2D eigenvalue weighted by Crippen LogP contribution is -2.52. The predicted octanol–water partition coefficient (Wildman–Crippen LogP) is 3.21. The van der Waals surface area contributed by atoms with E-state index < -0.39 is 39.9 Å². The number of nitrogens with one attached hydrogen (secondary N) is 2. The molecule has 42 heavy (non-hydrogen) atoms. The van der Waals surface area contributed by atoms with E-state index in [1.165, 1.54) is 0 Å². The van der Waals surface area contributed by atoms with E-state index >= 15 is 0 Å². The molecular formula is C31H44N3O7S+. The maximum absolute atomic E-state index is 13.5. The SMILES string of the molecule is COc1ccc(C2OCC(C)(C)C(C(=O)NCCC(O)C(=O)NCc3cccc([S+](C)(=O)N4CCCCC4)c3)O2)cc1. The lowest BCUT2D eigenvalue weighted by molar-refractivity contribution is -0.258. The zero-order valence-corrected chi connectivity index (χ0v) is 25.8. The lowest BCUT2D eigenvalue weighted by Gasteiger charge is -2.41. The molecular weight excluding hydrogens is 558 g/mol. The first-order valence-corrected chi connectivity index (χ1v) is 16.4. The standard InChI is InChI=1S/C31H43N3O7S/c1-31(2)21-40-30(23-11-13-24(39-3)14-12-23)41-27(31)29(37)32-16-15-26(35)28(36)33-20-22-9-8-10-25(19-22)42(4,38)34-17-6-5-7-18-34/h8-14,19,26-27,30,35H,5-7,15-18,20-21H2,1-4H3,(H-,32,33,36,37)/p+1. The van der Waals surface area contributed by atoms with Crippen LogP contribution in [0, 0.1) is 5.41 Å². The molecule has 0 bridgehead atoms. The molecule has 4 rings (SSSR count). The van der Waals surface area contributed by atoms with E-state index in [1.54, 1.807) is 25.5 Å². The van der Waals surface area contributed by atoms with Gasteiger partial charge in [-0.1, -0.05) is 48.7 Å². The molecule has 0 saturated carbocycles. The second-order valence-corrected chi connectivity index (χ2v) is 14.3. The van der Waals surface area contributed by atoms with Crippen molar-refractivity contribution in [3.8, 4) is 5.75 Å². The third-order valence-electron chi connectivity index (χ3n) is 7.83. The van der Waals surface area contributed by atoms with Crippen LogP contribution < -0.4 is 15.4 Å². The van der Waals surface area contributed by atoms with Crippen LogP contribution in [-0.4, -0.2) is 73.0 Å². The van der Waals surface area contributed by atoms with Crippen molar-refractivity contribution in [3.63, 3.8) is 0 Å². The Kier molecular flexibility index (Phi) is 10.8. The van der Waals surface area contributed by atoms with Gasteiger partial charge in [0.15, 0.2) is 21.3 Å². The number of benzene rings is 2. The summed E-state index contributed by atoms with van der Waals surface area (Å²) in [5.41, 5.74) is 1.00. The van der Waals surface area contributed by atoms with Gasteiger partial charge in [-0.2, -0.15) is 0 Å². The van der Waals surface area contributed by atoms with Gasteiger partial charge in [-0.15, -0.1) is 4.31 Å². The Balaban J connectivity index is 1.25. The summed E-state index contributed by atoms with van der Waals surface area (Å²) in [5.74, 6) is -0.159. The van der Waals surface area contributed by atoms with Crippen molar-refractivity contribution in [1.29, 1.82) is 0 Å². The second-order valence-electron chi connectivity index (χ2n) is 11.7. The summed E-state index contributed by atoms with van der Waals surface area (Å²) >= 11 is 0. The number of carbonyl (C=O) groups is 2. The number of amides is 2. The van der Waals surface area contributed by atoms with Crippen molar-refractivity contribution in [3.05, 3.63) is 59.7 Å². The highest BCUT2D eigenvalue weighted by Gasteiger charge is 2.43. The van der Waals surface area contributed by atoms with Gasteiger partial charge < -0.3 is 30.0 Å². The summed E-state index contributed by atoms with van der Waals surface area (Å²) < 4.78 is 32.7. The molecule has 0 aliphatic carbocycles. The Hall–Kier alpha value is -2.83. The molecule has 2 aromatic rings. The maximum atomic E-state index is 13.5. The highest BCUT2D eigenvalue weighted by Crippen LogP contribution is 2.37. The summed E-state index contributed by atoms with van der Waals surface area (Å²) in [6.45, 7) is 6.04. The third kappa shape index (κ3) is 7.96. The topological polar surface area (TPSA) is 126 Å². The van der Waals surface area contributed by atoms with Gasteiger partial charge in [0.2, 0.25) is 11.8 Å². The molecule has 0 spiro atoms. The predicted molar refractivity (Wildman–Crippen MR) is 160 cm³/mol. The monoisotopic (exact) mass is 602 g/mol. The summed E-state index contributed by atoms with van der Waals surface area (Å²) in [6, 6.07) is 14.7. The van der Waals surface area contributed by atoms with E-state index in [0.717, 1.165) is 48.4 Å². The first kappa shape index (κ1) is 32.1. The zero-order valence-electron chi connectivity index (χ0n) is 25.0. The molecule has 2 amide bonds. The number of methoxy groups -OCH3 is 1. The molecule has 2 saturated heterocycles. The normalized spacial score (nSPS) is 22.9. The van der Waals surface area contributed by atoms with Crippen LogP contribution in [0.1, 0.15) is 56.9 Å². The molecule has 2 heterocycles. The van der Waals surface area contributed by atoms with Gasteiger partial charge in [-0.3, -0.25) is 9.59 Å². The van der Waals surface area contributed by atoms with Crippen LogP contribution in [0.3, 0.4) is 0 Å². The Bertz CT molecular complexity index is 1260. The first-order valence-electron chi connectivity index (χ1n) is 14.5. The van der Waals surface area contributed by atoms with Crippen molar-refractivity contribution in [2.45, 2.75) is 69.5 Å².